The molecule has 0 unspecified atom stereocenters. The lowest BCUT2D eigenvalue weighted by atomic mass is 10.1. The zero-order valence-corrected chi connectivity index (χ0v) is 15.4. The fourth-order valence-electron chi connectivity index (χ4n) is 2.61. The van der Waals surface area contributed by atoms with E-state index in [2.05, 4.69) is 10.3 Å². The van der Waals surface area contributed by atoms with E-state index in [4.69, 9.17) is 4.74 Å². The lowest BCUT2D eigenvalue weighted by molar-refractivity contribution is -0.116. The normalized spacial score (nSPS) is 10.5. The van der Waals surface area contributed by atoms with Crippen LogP contribution >= 0.6 is 11.3 Å². The number of ether oxygens (including phenoxy) is 1. The van der Waals surface area contributed by atoms with Gasteiger partial charge in [-0.2, -0.15) is 0 Å². The standard InChI is InChI=1S/C19H19N3O3S/c1-13-18(14-5-7-16(25-2)8-6-14)21-19(26-13)20-17(24)9-11-22-10-3-4-15(22)12-23/h3-8,10,12H,9,11H2,1-2H3,(H,20,21,24). The molecule has 1 amide bonds. The Bertz CT molecular complexity index is 913. The molecule has 0 saturated heterocycles. The second kappa shape index (κ2) is 7.97. The second-order valence-electron chi connectivity index (χ2n) is 5.69. The van der Waals surface area contributed by atoms with Crippen molar-refractivity contribution in [3.8, 4) is 17.0 Å². The van der Waals surface area contributed by atoms with Gasteiger partial charge in [-0.05, 0) is 43.3 Å². The largest absolute Gasteiger partial charge is 0.497 e. The molecule has 0 radical (unpaired) electrons. The highest BCUT2D eigenvalue weighted by Crippen LogP contribution is 2.31. The first-order valence-corrected chi connectivity index (χ1v) is 8.94. The maximum atomic E-state index is 12.2. The fourth-order valence-corrected chi connectivity index (χ4v) is 3.46. The minimum absolute atomic E-state index is 0.134. The Hall–Kier alpha value is -2.93. The molecule has 0 atom stereocenters. The van der Waals surface area contributed by atoms with E-state index in [0.29, 0.717) is 17.4 Å². The number of thiazole rings is 1. The predicted molar refractivity (Wildman–Crippen MR) is 102 cm³/mol. The molecule has 3 aromatic rings. The molecule has 0 saturated carbocycles. The summed E-state index contributed by atoms with van der Waals surface area (Å²) in [5.41, 5.74) is 2.38. The van der Waals surface area contributed by atoms with Crippen molar-refractivity contribution in [3.63, 3.8) is 0 Å². The Balaban J connectivity index is 1.64. The lowest BCUT2D eigenvalue weighted by Gasteiger charge is -2.05. The molecule has 7 heteroatoms. The number of aldehydes is 1. The van der Waals surface area contributed by atoms with Crippen molar-refractivity contribution in [2.75, 3.05) is 12.4 Å². The third kappa shape index (κ3) is 4.00. The molecule has 6 nitrogen and oxygen atoms in total. The zero-order chi connectivity index (χ0) is 18.5. The monoisotopic (exact) mass is 369 g/mol. The number of amides is 1. The quantitative estimate of drug-likeness (QED) is 0.644. The first-order valence-electron chi connectivity index (χ1n) is 8.12. The minimum Gasteiger partial charge on any atom is -0.497 e. The molecule has 0 aliphatic carbocycles. The minimum atomic E-state index is -0.134. The third-order valence-electron chi connectivity index (χ3n) is 3.97. The van der Waals surface area contributed by atoms with Crippen LogP contribution in [0.2, 0.25) is 0 Å². The van der Waals surface area contributed by atoms with Crippen LogP contribution in [-0.2, 0) is 11.3 Å². The molecule has 2 heterocycles. The number of aromatic nitrogens is 2. The Morgan fingerprint density at radius 2 is 2.08 bits per heavy atom. The second-order valence-corrected chi connectivity index (χ2v) is 6.90. The Labute approximate surface area is 155 Å². The van der Waals surface area contributed by atoms with Crippen LogP contribution in [-0.4, -0.2) is 28.9 Å². The number of benzene rings is 1. The summed E-state index contributed by atoms with van der Waals surface area (Å²) in [4.78, 5) is 28.7. The van der Waals surface area contributed by atoms with Gasteiger partial charge < -0.3 is 14.6 Å². The predicted octanol–water partition coefficient (Wildman–Crippen LogP) is 3.77. The van der Waals surface area contributed by atoms with Gasteiger partial charge >= 0.3 is 0 Å². The molecule has 0 spiro atoms. The highest BCUT2D eigenvalue weighted by Gasteiger charge is 2.12. The molecule has 1 N–H and O–H groups in total. The summed E-state index contributed by atoms with van der Waals surface area (Å²) in [6.07, 6.45) is 2.83. The van der Waals surface area contributed by atoms with Crippen LogP contribution in [0.3, 0.4) is 0 Å². The highest BCUT2D eigenvalue weighted by molar-refractivity contribution is 7.16. The SMILES string of the molecule is COc1ccc(-c2nc(NC(=O)CCn3cccc3C=O)sc2C)cc1. The van der Waals surface area contributed by atoms with Crippen LogP contribution in [0.4, 0.5) is 5.13 Å². The van der Waals surface area contributed by atoms with Gasteiger partial charge in [-0.3, -0.25) is 9.59 Å². The number of rotatable bonds is 7. The van der Waals surface area contributed by atoms with Crippen molar-refractivity contribution in [2.24, 2.45) is 0 Å². The summed E-state index contributed by atoms with van der Waals surface area (Å²) in [5.74, 6) is 0.653. The van der Waals surface area contributed by atoms with Crippen molar-refractivity contribution in [1.29, 1.82) is 0 Å². The Morgan fingerprint density at radius 3 is 2.77 bits per heavy atom. The van der Waals surface area contributed by atoms with E-state index in [1.165, 1.54) is 11.3 Å². The van der Waals surface area contributed by atoms with Crippen molar-refractivity contribution in [1.82, 2.24) is 9.55 Å². The number of aryl methyl sites for hydroxylation is 2. The average Bonchev–Trinajstić information content (AvgIpc) is 3.26. The van der Waals surface area contributed by atoms with E-state index in [-0.39, 0.29) is 12.3 Å². The number of hydrogen-bond donors (Lipinski definition) is 1. The maximum absolute atomic E-state index is 12.2. The van der Waals surface area contributed by atoms with Gasteiger partial charge in [0.05, 0.1) is 18.5 Å². The number of nitrogens with one attached hydrogen (secondary N) is 1. The molecular formula is C19H19N3O3S. The van der Waals surface area contributed by atoms with E-state index in [1.54, 1.807) is 30.0 Å². The molecule has 0 fully saturated rings. The third-order valence-corrected chi connectivity index (χ3v) is 4.86. The number of anilines is 1. The molecule has 0 aliphatic heterocycles. The number of hydrogen-bond acceptors (Lipinski definition) is 5. The zero-order valence-electron chi connectivity index (χ0n) is 14.6. The summed E-state index contributed by atoms with van der Waals surface area (Å²) < 4.78 is 6.92. The van der Waals surface area contributed by atoms with Gasteiger partial charge in [0.25, 0.3) is 0 Å². The summed E-state index contributed by atoms with van der Waals surface area (Å²) in [5, 5.41) is 3.41. The molecule has 0 bridgehead atoms. The molecule has 2 aromatic heterocycles. The average molecular weight is 369 g/mol. The molecule has 0 aliphatic rings. The Morgan fingerprint density at radius 1 is 1.31 bits per heavy atom. The van der Waals surface area contributed by atoms with E-state index < -0.39 is 0 Å². The van der Waals surface area contributed by atoms with Crippen molar-refractivity contribution < 1.29 is 14.3 Å². The number of methoxy groups -OCH3 is 1. The first-order chi connectivity index (χ1) is 12.6. The number of carbonyl (C=O) groups excluding carboxylic acids is 2. The van der Waals surface area contributed by atoms with Crippen LogP contribution in [0.15, 0.2) is 42.6 Å². The summed E-state index contributed by atoms with van der Waals surface area (Å²) >= 11 is 1.44. The fraction of sp³-hybridized carbons (Fsp3) is 0.211. The molecule has 134 valence electrons. The van der Waals surface area contributed by atoms with Crippen molar-refractivity contribution >= 4 is 28.7 Å². The van der Waals surface area contributed by atoms with Gasteiger partial charge in [0, 0.05) is 29.6 Å². The number of carbonyl (C=O) groups is 2. The van der Waals surface area contributed by atoms with Gasteiger partial charge in [-0.15, -0.1) is 11.3 Å². The smallest absolute Gasteiger partial charge is 0.227 e. The van der Waals surface area contributed by atoms with Gasteiger partial charge in [-0.1, -0.05) is 0 Å². The van der Waals surface area contributed by atoms with E-state index in [1.807, 2.05) is 31.2 Å². The van der Waals surface area contributed by atoms with Gasteiger partial charge in [0.15, 0.2) is 11.4 Å². The van der Waals surface area contributed by atoms with Crippen LogP contribution < -0.4 is 10.1 Å². The van der Waals surface area contributed by atoms with Gasteiger partial charge in [0.1, 0.15) is 5.75 Å². The van der Waals surface area contributed by atoms with Gasteiger partial charge in [0.2, 0.25) is 5.91 Å². The van der Waals surface area contributed by atoms with Crippen LogP contribution in [0, 0.1) is 6.92 Å². The van der Waals surface area contributed by atoms with Crippen LogP contribution in [0.25, 0.3) is 11.3 Å². The first kappa shape index (κ1) is 17.9. The lowest BCUT2D eigenvalue weighted by Crippen LogP contribution is -2.14. The van der Waals surface area contributed by atoms with Gasteiger partial charge in [-0.25, -0.2) is 4.98 Å². The highest BCUT2D eigenvalue weighted by atomic mass is 32.1. The van der Waals surface area contributed by atoms with E-state index in [0.717, 1.165) is 28.2 Å². The number of nitrogens with zero attached hydrogens (tertiary/aromatic N) is 2. The molecular weight excluding hydrogens is 350 g/mol. The Kier molecular flexibility index (Phi) is 5.48. The molecule has 3 rings (SSSR count). The van der Waals surface area contributed by atoms with Crippen LogP contribution in [0.5, 0.6) is 5.75 Å². The summed E-state index contributed by atoms with van der Waals surface area (Å²) in [6, 6.07) is 11.2. The van der Waals surface area contributed by atoms with Crippen LogP contribution in [0.1, 0.15) is 21.8 Å². The summed E-state index contributed by atoms with van der Waals surface area (Å²) in [7, 11) is 1.63. The molecule has 1 aromatic carbocycles. The summed E-state index contributed by atoms with van der Waals surface area (Å²) in [6.45, 7) is 2.42. The molecule has 26 heavy (non-hydrogen) atoms. The van der Waals surface area contributed by atoms with Crippen molar-refractivity contribution in [2.45, 2.75) is 19.9 Å². The van der Waals surface area contributed by atoms with E-state index in [9.17, 15) is 9.59 Å². The topological polar surface area (TPSA) is 73.2 Å². The maximum Gasteiger partial charge on any atom is 0.227 e. The van der Waals surface area contributed by atoms with Crippen molar-refractivity contribution in [3.05, 3.63) is 53.2 Å². The van der Waals surface area contributed by atoms with E-state index >= 15 is 0 Å².